The number of amides is 3. The molecule has 0 saturated carbocycles. The number of nitrogens with one attached hydrogen (secondary N) is 1. The van der Waals surface area contributed by atoms with Crippen molar-refractivity contribution < 1.29 is 42.1 Å². The van der Waals surface area contributed by atoms with Crippen LogP contribution in [0.2, 0.25) is 16.6 Å². The lowest BCUT2D eigenvalue weighted by Crippen LogP contribution is -2.57. The number of ether oxygens (including phenoxy) is 4. The van der Waals surface area contributed by atoms with E-state index < -0.39 is 37.3 Å². The van der Waals surface area contributed by atoms with E-state index in [1.54, 1.807) is 40.6 Å². The number of halogens is 2. The minimum Gasteiger partial charge on any atom is -0.468 e. The third-order valence-corrected chi connectivity index (χ3v) is 28.0. The number of anilines is 2. The van der Waals surface area contributed by atoms with Crippen molar-refractivity contribution >= 4 is 70.2 Å². The number of benzene rings is 3. The summed E-state index contributed by atoms with van der Waals surface area (Å²) in [6, 6.07) is 11.7. The number of aryl methyl sites for hydroxylation is 1. The summed E-state index contributed by atoms with van der Waals surface area (Å²) in [6.07, 6.45) is 11.6. The zero-order valence-corrected chi connectivity index (χ0v) is 58.6. The van der Waals surface area contributed by atoms with Gasteiger partial charge in [-0.05, 0) is 187 Å². The van der Waals surface area contributed by atoms with Gasteiger partial charge in [0.1, 0.15) is 54.9 Å². The van der Waals surface area contributed by atoms with Crippen LogP contribution in [-0.2, 0) is 26.1 Å². The molecule has 22 heteroatoms. The summed E-state index contributed by atoms with van der Waals surface area (Å²) in [5.41, 5.74) is 6.74. The van der Waals surface area contributed by atoms with Crippen LogP contribution in [0, 0.1) is 40.9 Å². The first kappa shape index (κ1) is 67.8. The summed E-state index contributed by atoms with van der Waals surface area (Å²) in [5.74, 6) is 4.33. The van der Waals surface area contributed by atoms with Gasteiger partial charge >= 0.3 is 17.8 Å². The predicted octanol–water partition coefficient (Wildman–Crippen LogP) is 12.0. The van der Waals surface area contributed by atoms with E-state index in [0.717, 1.165) is 101 Å². The Kier molecular flexibility index (Phi) is 20.0. The maximum absolute atomic E-state index is 18.2. The number of carbonyl (C=O) groups is 3. The number of nitrogens with zero attached hydrogens (tertiary/aromatic N) is 10. The van der Waals surface area contributed by atoms with Crippen molar-refractivity contribution in [3.63, 3.8) is 0 Å². The van der Waals surface area contributed by atoms with Gasteiger partial charge < -0.3 is 33.6 Å². The molecule has 6 aliphatic rings. The van der Waals surface area contributed by atoms with Gasteiger partial charge in [0.05, 0.1) is 34.1 Å². The minimum absolute atomic E-state index is 0.0149. The van der Waals surface area contributed by atoms with Crippen molar-refractivity contribution in [2.24, 2.45) is 24.8 Å². The van der Waals surface area contributed by atoms with Crippen molar-refractivity contribution in [1.82, 2.24) is 44.1 Å². The zero-order chi connectivity index (χ0) is 67.2. The van der Waals surface area contributed by atoms with Crippen molar-refractivity contribution in [1.29, 1.82) is 0 Å². The Morgan fingerprint density at radius 3 is 2.07 bits per heavy atom. The fourth-order valence-corrected chi connectivity index (χ4v) is 22.1. The Hall–Kier alpha value is -7.19. The molecule has 3 aromatic heterocycles. The van der Waals surface area contributed by atoms with Gasteiger partial charge in [-0.15, -0.1) is 5.54 Å². The topological polar surface area (TPSA) is 182 Å². The lowest BCUT2D eigenvalue weighted by Gasteiger charge is -2.42. The number of carbonyl (C=O) groups excluding carboxylic acids is 3. The van der Waals surface area contributed by atoms with Crippen molar-refractivity contribution in [2.45, 2.75) is 173 Å². The highest BCUT2D eigenvalue weighted by atomic mass is 28.3. The molecule has 3 aromatic carbocycles. The maximum Gasteiger partial charge on any atom is 0.410 e. The number of piperidine rings is 4. The van der Waals surface area contributed by atoms with Gasteiger partial charge in [0, 0.05) is 82.7 Å². The first-order chi connectivity index (χ1) is 45.5. The maximum atomic E-state index is 18.2. The summed E-state index contributed by atoms with van der Waals surface area (Å²) < 4.78 is 61.7. The summed E-state index contributed by atoms with van der Waals surface area (Å²) in [5, 5.41) is 3.83. The average Bonchev–Trinajstić information content (AvgIpc) is 1.65. The summed E-state index contributed by atoms with van der Waals surface area (Å²) >= 11 is 0. The number of likely N-dealkylation sites (tertiary alicyclic amines) is 2. The monoisotopic (exact) mass is 1320 g/mol. The standard InChI is InChI=1S/C73H97F2N11O8Si/c1-45(2)95(46(3)4,47(5)6)35-26-56-59(74)16-12-51-37-55(93-44-91-11)39-57(64(51)56)66-65(75)67-58(40-76-66)68(84-42-53-13-14-54(43-84)85(53)72(90)94-73(7,8)9)79-70(78-67)92-34-33-81-27-20-48(21-28-81)36-49-22-29-82(30-23-49)41-50-24-31-83(32-25-50)52-15-17-60-62(38-52)80(10)71(89)86(60)61-18-19-63(87)77-69(61)88/h12,15-17,37-40,45-50,53-54,61H,13-14,18-25,27-34,36,41-44H2,1-11H3,(H,77,87,88). The first-order valence-electron chi connectivity index (χ1n) is 34.9. The second-order valence-corrected chi connectivity index (χ2v) is 35.4. The van der Waals surface area contributed by atoms with Crippen LogP contribution in [-0.4, -0.2) is 168 Å². The quantitative estimate of drug-likeness (QED) is 0.0371. The highest BCUT2D eigenvalue weighted by Gasteiger charge is 2.46. The van der Waals surface area contributed by atoms with Crippen LogP contribution in [0.5, 0.6) is 11.8 Å². The van der Waals surface area contributed by atoms with Gasteiger partial charge in [0.2, 0.25) is 11.8 Å². The Morgan fingerprint density at radius 2 is 1.43 bits per heavy atom. The highest BCUT2D eigenvalue weighted by molar-refractivity contribution is 6.90. The number of piperazine rings is 1. The fraction of sp³-hybridized carbons (Fsp3) is 0.603. The van der Waals surface area contributed by atoms with E-state index in [1.807, 2.05) is 31.7 Å². The number of fused-ring (bicyclic) bond motifs is 5. The second-order valence-electron chi connectivity index (χ2n) is 29.8. The molecule has 0 aliphatic carbocycles. The molecule has 3 unspecified atom stereocenters. The number of aromatic nitrogens is 5. The highest BCUT2D eigenvalue weighted by Crippen LogP contribution is 2.44. The van der Waals surface area contributed by atoms with E-state index in [2.05, 4.69) is 90.1 Å². The molecule has 0 spiro atoms. The van der Waals surface area contributed by atoms with Crippen LogP contribution in [0.15, 0.2) is 53.5 Å². The van der Waals surface area contributed by atoms with Crippen LogP contribution >= 0.6 is 0 Å². The molecule has 2 bridgehead atoms. The van der Waals surface area contributed by atoms with E-state index in [9.17, 15) is 19.2 Å². The summed E-state index contributed by atoms with van der Waals surface area (Å²) in [6.45, 7) is 28.0. The molecule has 0 radical (unpaired) electrons. The number of methoxy groups -OCH3 is 1. The summed E-state index contributed by atoms with van der Waals surface area (Å²) in [7, 11) is 0.925. The number of hydrogen-bond acceptors (Lipinski definition) is 15. The van der Waals surface area contributed by atoms with Gasteiger partial charge in [-0.2, -0.15) is 9.97 Å². The number of pyridine rings is 1. The van der Waals surface area contributed by atoms with Crippen LogP contribution in [0.4, 0.5) is 25.1 Å². The molecule has 3 amide bonds. The van der Waals surface area contributed by atoms with Gasteiger partial charge in [0.15, 0.2) is 12.6 Å². The number of hydrogen-bond donors (Lipinski definition) is 1. The van der Waals surface area contributed by atoms with Gasteiger partial charge in [-0.1, -0.05) is 53.5 Å². The molecular weight excluding hydrogens is 1220 g/mol. The van der Waals surface area contributed by atoms with Crippen molar-refractivity contribution in [3.8, 4) is 34.5 Å². The molecule has 510 valence electrons. The normalized spacial score (nSPS) is 20.8. The molecule has 6 saturated heterocycles. The third kappa shape index (κ3) is 14.0. The second kappa shape index (κ2) is 28.1. The van der Waals surface area contributed by atoms with E-state index in [-0.39, 0.29) is 65.8 Å². The molecule has 1 N–H and O–H groups in total. The lowest BCUT2D eigenvalue weighted by atomic mass is 9.82. The SMILES string of the molecule is COCOc1cc(-c2ncc3c(N4CC5CCC(C4)N5C(=O)OC(C)(C)C)nc(OCCN4CCC(CC5CCN(CC6CCN(c7ccc8c(c7)n(C)c(=O)n8C7CCC(=O)NC7=O)CC6)CC5)CC4)nc3c2F)c2c(C#C[Si](C(C)C)(C(C)C)C(C)C)c(F)ccc2c1. The largest absolute Gasteiger partial charge is 0.468 e. The number of rotatable bonds is 18. The van der Waals surface area contributed by atoms with E-state index >= 15 is 8.78 Å². The predicted molar refractivity (Wildman–Crippen MR) is 370 cm³/mol. The van der Waals surface area contributed by atoms with Gasteiger partial charge in [0.25, 0.3) is 0 Å². The van der Waals surface area contributed by atoms with Crippen molar-refractivity contribution in [3.05, 3.63) is 76.3 Å². The zero-order valence-electron chi connectivity index (χ0n) is 57.6. The Balaban J connectivity index is 0.702. The van der Waals surface area contributed by atoms with Crippen LogP contribution in [0.1, 0.15) is 145 Å². The van der Waals surface area contributed by atoms with Gasteiger partial charge in [-0.25, -0.2) is 18.4 Å². The molecule has 6 aliphatic heterocycles. The molecule has 95 heavy (non-hydrogen) atoms. The first-order valence-corrected chi connectivity index (χ1v) is 37.1. The van der Waals surface area contributed by atoms with Gasteiger partial charge in [-0.3, -0.25) is 38.8 Å². The number of imide groups is 1. The molecule has 9 heterocycles. The molecule has 6 aromatic rings. The van der Waals surface area contributed by atoms with Crippen LogP contribution < -0.4 is 30.3 Å². The summed E-state index contributed by atoms with van der Waals surface area (Å²) in [4.78, 5) is 77.9. The number of imidazole rings is 1. The average molecular weight is 1320 g/mol. The molecule has 12 rings (SSSR count). The van der Waals surface area contributed by atoms with Crippen LogP contribution in [0.25, 0.3) is 44.0 Å². The molecule has 6 fully saturated rings. The van der Waals surface area contributed by atoms with E-state index in [0.29, 0.717) is 99.9 Å². The van der Waals surface area contributed by atoms with E-state index in [4.69, 9.17) is 33.9 Å². The van der Waals surface area contributed by atoms with Crippen LogP contribution in [0.3, 0.4) is 0 Å². The minimum atomic E-state index is -2.35. The Bertz CT molecular complexity index is 3930. The Morgan fingerprint density at radius 1 is 0.768 bits per heavy atom. The molecule has 19 nitrogen and oxygen atoms in total. The molecular formula is C73H97F2N11O8Si. The third-order valence-electron chi connectivity index (χ3n) is 21.7. The smallest absolute Gasteiger partial charge is 0.410 e. The van der Waals surface area contributed by atoms with E-state index in [1.165, 1.54) is 32.4 Å². The van der Waals surface area contributed by atoms with Crippen molar-refractivity contribution in [2.75, 3.05) is 95.8 Å². The molecule has 3 atom stereocenters. The fourth-order valence-electron chi connectivity index (χ4n) is 16.8. The lowest BCUT2D eigenvalue weighted by molar-refractivity contribution is -0.135. The Labute approximate surface area is 558 Å².